The molecule has 3 heteroatoms. The summed E-state index contributed by atoms with van der Waals surface area (Å²) in [4.78, 5) is 0. The molecule has 2 rings (SSSR count). The van der Waals surface area contributed by atoms with Gasteiger partial charge in [0, 0.05) is 23.7 Å². The zero-order valence-electron chi connectivity index (χ0n) is 25.2. The number of thiol groups is 2. The zero-order chi connectivity index (χ0) is 28.0. The highest BCUT2D eigenvalue weighted by atomic mass is 32.1. The van der Waals surface area contributed by atoms with Gasteiger partial charge in [0.1, 0.15) is 0 Å². The Morgan fingerprint density at radius 1 is 0.487 bits per heavy atom. The lowest BCUT2D eigenvalue weighted by atomic mass is 10.0. The molecule has 0 N–H and O–H groups in total. The lowest BCUT2D eigenvalue weighted by Gasteiger charge is -2.14. The van der Waals surface area contributed by atoms with Crippen LogP contribution in [-0.4, -0.2) is 13.2 Å². The van der Waals surface area contributed by atoms with Crippen molar-refractivity contribution >= 4 is 25.3 Å². The number of unbranched alkanes of at least 4 members (excludes halogenated alkanes) is 12. The molecule has 0 heterocycles. The van der Waals surface area contributed by atoms with Crippen molar-refractivity contribution in [1.82, 2.24) is 0 Å². The van der Waals surface area contributed by atoms with Crippen molar-refractivity contribution in [3.05, 3.63) is 70.8 Å². The molecular weight excluding hydrogens is 513 g/mol. The molecule has 2 unspecified atom stereocenters. The molecule has 1 nitrogen and oxygen atoms in total. The molecule has 220 valence electrons. The van der Waals surface area contributed by atoms with Crippen LogP contribution in [0.1, 0.15) is 149 Å². The van der Waals surface area contributed by atoms with Crippen molar-refractivity contribution in [2.45, 2.75) is 140 Å². The van der Waals surface area contributed by atoms with Crippen LogP contribution in [-0.2, 0) is 17.6 Å². The smallest absolute Gasteiger partial charge is 0.0479 e. The first-order valence-electron chi connectivity index (χ1n) is 16.3. The van der Waals surface area contributed by atoms with Gasteiger partial charge in [-0.2, -0.15) is 25.3 Å². The molecule has 2 aromatic rings. The maximum Gasteiger partial charge on any atom is 0.0479 e. The standard InChI is InChI=1S/C36H58OS2/c1-3-5-7-9-11-13-15-17-31-19-23-33(24-20-31)35(38)27-29-37-30-28-36(39)34-25-21-32(22-26-34)18-16-14-12-10-8-6-4-2/h19-26,35-36,38-39H,3-18,27-30H2,1-2H3. The fourth-order valence-corrected chi connectivity index (χ4v) is 5.77. The van der Waals surface area contributed by atoms with Crippen molar-refractivity contribution in [2.75, 3.05) is 13.2 Å². The van der Waals surface area contributed by atoms with E-state index in [0.29, 0.717) is 0 Å². The van der Waals surface area contributed by atoms with Gasteiger partial charge < -0.3 is 4.74 Å². The lowest BCUT2D eigenvalue weighted by molar-refractivity contribution is 0.129. The van der Waals surface area contributed by atoms with Crippen LogP contribution in [0.3, 0.4) is 0 Å². The van der Waals surface area contributed by atoms with Crippen LogP contribution >= 0.6 is 25.3 Å². The molecule has 2 atom stereocenters. The van der Waals surface area contributed by atoms with E-state index in [2.05, 4.69) is 62.4 Å². The first-order valence-corrected chi connectivity index (χ1v) is 17.3. The highest BCUT2D eigenvalue weighted by molar-refractivity contribution is 7.80. The second-order valence-corrected chi connectivity index (χ2v) is 12.7. The minimum absolute atomic E-state index is 0.230. The minimum Gasteiger partial charge on any atom is -0.381 e. The molecule has 0 bridgehead atoms. The molecule has 0 aliphatic rings. The van der Waals surface area contributed by atoms with E-state index in [1.54, 1.807) is 0 Å². The van der Waals surface area contributed by atoms with Crippen molar-refractivity contribution in [1.29, 1.82) is 0 Å². The minimum atomic E-state index is 0.230. The number of aryl methyl sites for hydroxylation is 2. The van der Waals surface area contributed by atoms with Crippen LogP contribution in [0.4, 0.5) is 0 Å². The molecule has 0 aromatic heterocycles. The normalized spacial score (nSPS) is 13.0. The quantitative estimate of drug-likeness (QED) is 0.0942. The van der Waals surface area contributed by atoms with Crippen molar-refractivity contribution in [2.24, 2.45) is 0 Å². The van der Waals surface area contributed by atoms with Crippen LogP contribution in [0.2, 0.25) is 0 Å². The predicted octanol–water partition coefficient (Wildman–Crippen LogP) is 11.7. The third-order valence-electron chi connectivity index (χ3n) is 7.94. The molecule has 0 amide bonds. The summed E-state index contributed by atoms with van der Waals surface area (Å²) in [5.74, 6) is 0. The topological polar surface area (TPSA) is 9.23 Å². The summed E-state index contributed by atoms with van der Waals surface area (Å²) in [7, 11) is 0. The summed E-state index contributed by atoms with van der Waals surface area (Å²) in [5, 5.41) is 0.460. The van der Waals surface area contributed by atoms with Crippen LogP contribution in [0.5, 0.6) is 0 Å². The van der Waals surface area contributed by atoms with Gasteiger partial charge in [0.2, 0.25) is 0 Å². The maximum absolute atomic E-state index is 5.97. The van der Waals surface area contributed by atoms with Crippen LogP contribution in [0, 0.1) is 0 Å². The van der Waals surface area contributed by atoms with E-state index < -0.39 is 0 Å². The van der Waals surface area contributed by atoms with E-state index in [9.17, 15) is 0 Å². The first kappa shape index (κ1) is 34.3. The van der Waals surface area contributed by atoms with E-state index in [0.717, 1.165) is 26.1 Å². The van der Waals surface area contributed by atoms with Gasteiger partial charge in [-0.25, -0.2) is 0 Å². The summed E-state index contributed by atoms with van der Waals surface area (Å²) >= 11 is 9.69. The Hall–Kier alpha value is -0.900. The Morgan fingerprint density at radius 2 is 0.821 bits per heavy atom. The molecule has 0 spiro atoms. The molecule has 0 radical (unpaired) electrons. The average molecular weight is 571 g/mol. The van der Waals surface area contributed by atoms with Gasteiger partial charge in [-0.05, 0) is 60.8 Å². The van der Waals surface area contributed by atoms with Gasteiger partial charge in [-0.3, -0.25) is 0 Å². The summed E-state index contributed by atoms with van der Waals surface area (Å²) in [6.45, 7) is 6.04. The largest absolute Gasteiger partial charge is 0.381 e. The summed E-state index contributed by atoms with van der Waals surface area (Å²) in [5.41, 5.74) is 5.51. The number of rotatable bonds is 24. The predicted molar refractivity (Wildman–Crippen MR) is 180 cm³/mol. The van der Waals surface area contributed by atoms with Gasteiger partial charge in [0.05, 0.1) is 0 Å². The van der Waals surface area contributed by atoms with Crippen molar-refractivity contribution < 1.29 is 4.74 Å². The zero-order valence-corrected chi connectivity index (χ0v) is 27.0. The molecule has 0 aliphatic heterocycles. The van der Waals surface area contributed by atoms with E-state index in [1.807, 2.05) is 0 Å². The lowest BCUT2D eigenvalue weighted by Crippen LogP contribution is -2.03. The van der Waals surface area contributed by atoms with Crippen molar-refractivity contribution in [3.8, 4) is 0 Å². The Balaban J connectivity index is 1.54. The van der Waals surface area contributed by atoms with Crippen molar-refractivity contribution in [3.63, 3.8) is 0 Å². The first-order chi connectivity index (χ1) is 19.1. The SMILES string of the molecule is CCCCCCCCCc1ccc(C(S)CCOCCC(S)c2ccc(CCCCCCCCC)cc2)cc1. The van der Waals surface area contributed by atoms with Gasteiger partial charge in [0.25, 0.3) is 0 Å². The van der Waals surface area contributed by atoms with Gasteiger partial charge in [0.15, 0.2) is 0 Å². The second-order valence-electron chi connectivity index (χ2n) is 11.4. The molecule has 0 saturated carbocycles. The summed E-state index contributed by atoms with van der Waals surface area (Å²) in [6, 6.07) is 18.2. The third-order valence-corrected chi connectivity index (χ3v) is 9.05. The molecule has 0 fully saturated rings. The van der Waals surface area contributed by atoms with Gasteiger partial charge in [-0.15, -0.1) is 0 Å². The van der Waals surface area contributed by atoms with Crippen LogP contribution in [0.15, 0.2) is 48.5 Å². The molecular formula is C36H58OS2. The van der Waals surface area contributed by atoms with E-state index in [4.69, 9.17) is 30.0 Å². The number of benzene rings is 2. The fourth-order valence-electron chi connectivity index (χ4n) is 5.21. The van der Waals surface area contributed by atoms with E-state index >= 15 is 0 Å². The Kier molecular flexibility index (Phi) is 20.0. The third kappa shape index (κ3) is 16.2. The summed E-state index contributed by atoms with van der Waals surface area (Å²) in [6.07, 6.45) is 23.4. The van der Waals surface area contributed by atoms with Gasteiger partial charge in [-0.1, -0.05) is 139 Å². The molecule has 39 heavy (non-hydrogen) atoms. The Morgan fingerprint density at radius 3 is 1.18 bits per heavy atom. The Bertz CT molecular complexity index is 747. The molecule has 2 aromatic carbocycles. The monoisotopic (exact) mass is 570 g/mol. The maximum atomic E-state index is 5.97. The van der Waals surface area contributed by atoms with E-state index in [-0.39, 0.29) is 10.5 Å². The molecule has 0 saturated heterocycles. The van der Waals surface area contributed by atoms with E-state index in [1.165, 1.54) is 125 Å². The molecule has 0 aliphatic carbocycles. The fraction of sp³-hybridized carbons (Fsp3) is 0.667. The number of ether oxygens (including phenoxy) is 1. The van der Waals surface area contributed by atoms with Crippen LogP contribution in [0.25, 0.3) is 0 Å². The average Bonchev–Trinajstić information content (AvgIpc) is 2.96. The highest BCUT2D eigenvalue weighted by Gasteiger charge is 2.09. The van der Waals surface area contributed by atoms with Gasteiger partial charge >= 0.3 is 0 Å². The van der Waals surface area contributed by atoms with Crippen LogP contribution < -0.4 is 0 Å². The Labute approximate surface area is 253 Å². The summed E-state index contributed by atoms with van der Waals surface area (Å²) < 4.78 is 5.97. The highest BCUT2D eigenvalue weighted by Crippen LogP contribution is 2.26. The number of hydrogen-bond acceptors (Lipinski definition) is 3. The number of hydrogen-bond donors (Lipinski definition) is 2. The second kappa shape index (κ2) is 22.8.